The van der Waals surface area contributed by atoms with Gasteiger partial charge >= 0.3 is 0 Å². The monoisotopic (exact) mass is 892 g/mol. The third-order valence-electron chi connectivity index (χ3n) is 12.7. The zero-order valence-corrected chi connectivity index (χ0v) is 42.8. The van der Waals surface area contributed by atoms with Gasteiger partial charge in [-0.05, 0) is 70.6 Å². The van der Waals surface area contributed by atoms with Crippen molar-refractivity contribution in [2.75, 3.05) is 6.61 Å². The number of aliphatic hydroxyl groups excluding tert-OH is 2. The van der Waals surface area contributed by atoms with Gasteiger partial charge in [0.05, 0.1) is 18.8 Å². The van der Waals surface area contributed by atoms with E-state index in [-0.39, 0.29) is 12.5 Å². The molecular weight excluding hydrogens is 783 g/mol. The Morgan fingerprint density at radius 2 is 0.703 bits per heavy atom. The Hall–Kier alpha value is -2.17. The lowest BCUT2D eigenvalue weighted by Crippen LogP contribution is -2.45. The summed E-state index contributed by atoms with van der Waals surface area (Å²) in [5, 5.41) is 23.0. The fourth-order valence-corrected chi connectivity index (χ4v) is 8.42. The molecule has 0 bridgehead atoms. The highest BCUT2D eigenvalue weighted by atomic mass is 16.3. The van der Waals surface area contributed by atoms with E-state index in [0.29, 0.717) is 6.42 Å². The van der Waals surface area contributed by atoms with Crippen molar-refractivity contribution in [1.29, 1.82) is 0 Å². The molecule has 2 unspecified atom stereocenters. The summed E-state index contributed by atoms with van der Waals surface area (Å²) in [5.74, 6) is -0.0723. The molecule has 0 rings (SSSR count). The van der Waals surface area contributed by atoms with E-state index < -0.39 is 12.1 Å². The molecule has 372 valence electrons. The topological polar surface area (TPSA) is 69.6 Å². The van der Waals surface area contributed by atoms with Crippen molar-refractivity contribution in [3.63, 3.8) is 0 Å². The van der Waals surface area contributed by atoms with Crippen LogP contribution in [-0.2, 0) is 4.79 Å². The van der Waals surface area contributed by atoms with Crippen molar-refractivity contribution in [1.82, 2.24) is 5.32 Å². The highest BCUT2D eigenvalue weighted by Crippen LogP contribution is 2.17. The second-order valence-electron chi connectivity index (χ2n) is 19.0. The number of unbranched alkanes of at least 4 members (excludes halogenated alkanes) is 34. The van der Waals surface area contributed by atoms with Crippen LogP contribution in [0.25, 0.3) is 0 Å². The van der Waals surface area contributed by atoms with Gasteiger partial charge in [-0.1, -0.05) is 279 Å². The summed E-state index contributed by atoms with van der Waals surface area (Å²) in [4.78, 5) is 12.4. The minimum atomic E-state index is -0.860. The van der Waals surface area contributed by atoms with Crippen LogP contribution in [0.3, 0.4) is 0 Å². The van der Waals surface area contributed by atoms with Crippen LogP contribution in [0, 0.1) is 0 Å². The number of carbonyl (C=O) groups is 1. The highest BCUT2D eigenvalue weighted by molar-refractivity contribution is 5.76. The standard InChI is InChI=1S/C60H109NO3/c1-3-5-7-9-11-13-15-16-17-18-19-20-21-22-23-24-25-26-27-28-29-30-31-32-33-34-35-36-37-38-39-40-41-42-43-44-46-48-50-52-54-56-60(64)61-58(57-62)59(63)55-53-51-49-47-45-14-12-10-8-6-4-2/h5,7,11,13,16-17,19-20,45,47,53,55,58-59,62-63H,3-4,6,8-10,12,14-15,18,21-44,46,48-52,54,56-57H2,1-2H3,(H,61,64)/b7-5-,13-11-,17-16-,20-19-,47-45+,55-53+. The molecule has 0 aliphatic heterocycles. The molecule has 0 aliphatic carbocycles. The van der Waals surface area contributed by atoms with Crippen molar-refractivity contribution in [3.8, 4) is 0 Å². The summed E-state index contributed by atoms with van der Waals surface area (Å²) >= 11 is 0. The molecule has 1 amide bonds. The first-order valence-corrected chi connectivity index (χ1v) is 28.2. The largest absolute Gasteiger partial charge is 0.394 e. The molecule has 0 saturated carbocycles. The molecule has 3 N–H and O–H groups in total. The minimum Gasteiger partial charge on any atom is -0.394 e. The molecule has 0 aromatic heterocycles. The van der Waals surface area contributed by atoms with E-state index in [9.17, 15) is 15.0 Å². The average molecular weight is 893 g/mol. The zero-order valence-electron chi connectivity index (χ0n) is 42.8. The zero-order chi connectivity index (χ0) is 46.3. The van der Waals surface area contributed by atoms with Gasteiger partial charge in [0.1, 0.15) is 0 Å². The molecule has 0 spiro atoms. The van der Waals surface area contributed by atoms with Crippen molar-refractivity contribution in [3.05, 3.63) is 72.9 Å². The molecule has 0 aromatic carbocycles. The third kappa shape index (κ3) is 50.8. The number of hydrogen-bond acceptors (Lipinski definition) is 3. The number of aliphatic hydroxyl groups is 2. The van der Waals surface area contributed by atoms with Gasteiger partial charge in [-0.15, -0.1) is 0 Å². The Kier molecular flexibility index (Phi) is 53.3. The molecule has 0 aromatic rings. The lowest BCUT2D eigenvalue weighted by atomic mass is 10.0. The maximum absolute atomic E-state index is 12.4. The minimum absolute atomic E-state index is 0.0723. The number of allylic oxidation sites excluding steroid dienone is 11. The molecule has 0 fully saturated rings. The van der Waals surface area contributed by atoms with Crippen LogP contribution in [0.1, 0.15) is 284 Å². The molecule has 64 heavy (non-hydrogen) atoms. The van der Waals surface area contributed by atoms with Crippen LogP contribution < -0.4 is 5.32 Å². The molecule has 2 atom stereocenters. The first-order valence-electron chi connectivity index (χ1n) is 28.2. The van der Waals surface area contributed by atoms with Gasteiger partial charge in [-0.25, -0.2) is 0 Å². The van der Waals surface area contributed by atoms with E-state index in [1.54, 1.807) is 6.08 Å². The van der Waals surface area contributed by atoms with E-state index >= 15 is 0 Å². The Bertz CT molecular complexity index is 1100. The van der Waals surface area contributed by atoms with Crippen LogP contribution in [0.4, 0.5) is 0 Å². The molecule has 0 heterocycles. The molecule has 4 heteroatoms. The Morgan fingerprint density at radius 3 is 1.09 bits per heavy atom. The lowest BCUT2D eigenvalue weighted by molar-refractivity contribution is -0.123. The van der Waals surface area contributed by atoms with Crippen molar-refractivity contribution < 1.29 is 15.0 Å². The number of rotatable bonds is 51. The van der Waals surface area contributed by atoms with Gasteiger partial charge in [-0.2, -0.15) is 0 Å². The van der Waals surface area contributed by atoms with E-state index in [1.807, 2.05) is 6.08 Å². The maximum atomic E-state index is 12.4. The summed E-state index contributed by atoms with van der Waals surface area (Å²) in [6.45, 7) is 4.17. The van der Waals surface area contributed by atoms with Gasteiger partial charge in [-0.3, -0.25) is 4.79 Å². The molecular formula is C60H109NO3. The predicted molar refractivity (Wildman–Crippen MR) is 285 cm³/mol. The second-order valence-corrected chi connectivity index (χ2v) is 19.0. The van der Waals surface area contributed by atoms with Crippen LogP contribution in [-0.4, -0.2) is 34.9 Å². The van der Waals surface area contributed by atoms with E-state index in [0.717, 1.165) is 57.8 Å². The van der Waals surface area contributed by atoms with Gasteiger partial charge in [0.15, 0.2) is 0 Å². The van der Waals surface area contributed by atoms with E-state index in [4.69, 9.17) is 0 Å². The summed E-state index contributed by atoms with van der Waals surface area (Å²) in [6.07, 6.45) is 79.5. The van der Waals surface area contributed by atoms with Crippen LogP contribution in [0.2, 0.25) is 0 Å². The highest BCUT2D eigenvalue weighted by Gasteiger charge is 2.18. The van der Waals surface area contributed by atoms with Gasteiger partial charge in [0.2, 0.25) is 5.91 Å². The van der Waals surface area contributed by atoms with E-state index in [1.165, 1.54) is 205 Å². The van der Waals surface area contributed by atoms with Crippen LogP contribution in [0.5, 0.6) is 0 Å². The summed E-state index contributed by atoms with van der Waals surface area (Å²) < 4.78 is 0. The number of carbonyl (C=O) groups excluding carboxylic acids is 1. The SMILES string of the molecule is CC/C=C\C/C=C\C/C=C\C/C=C\CCCCCCCCCCCCCCCCCCCCCCCCCCCCCCC(=O)NC(CO)C(O)/C=C/CC/C=C/CCCCCCC. The number of nitrogens with one attached hydrogen (secondary N) is 1. The van der Waals surface area contributed by atoms with Gasteiger partial charge in [0, 0.05) is 6.42 Å². The normalized spacial score (nSPS) is 13.4. The molecule has 0 saturated heterocycles. The third-order valence-corrected chi connectivity index (χ3v) is 12.7. The van der Waals surface area contributed by atoms with Crippen molar-refractivity contribution in [2.24, 2.45) is 0 Å². The average Bonchev–Trinajstić information content (AvgIpc) is 3.30. The molecule has 4 nitrogen and oxygen atoms in total. The summed E-state index contributed by atoms with van der Waals surface area (Å²) in [6, 6.07) is -0.637. The fraction of sp³-hybridized carbons (Fsp3) is 0.783. The van der Waals surface area contributed by atoms with Crippen molar-refractivity contribution >= 4 is 5.91 Å². The fourth-order valence-electron chi connectivity index (χ4n) is 8.42. The lowest BCUT2D eigenvalue weighted by Gasteiger charge is -2.19. The summed E-state index contributed by atoms with van der Waals surface area (Å²) in [5.41, 5.74) is 0. The maximum Gasteiger partial charge on any atom is 0.220 e. The van der Waals surface area contributed by atoms with Crippen LogP contribution >= 0.6 is 0 Å². The molecule has 0 radical (unpaired) electrons. The first-order chi connectivity index (χ1) is 31.7. The first kappa shape index (κ1) is 61.8. The Labute approximate surface area is 399 Å². The smallest absolute Gasteiger partial charge is 0.220 e. The van der Waals surface area contributed by atoms with Crippen LogP contribution in [0.15, 0.2) is 72.9 Å². The predicted octanol–water partition coefficient (Wildman–Crippen LogP) is 18.6. The van der Waals surface area contributed by atoms with Gasteiger partial charge in [0.25, 0.3) is 0 Å². The Balaban J connectivity index is 3.37. The van der Waals surface area contributed by atoms with Crippen molar-refractivity contribution in [2.45, 2.75) is 296 Å². The van der Waals surface area contributed by atoms with E-state index in [2.05, 4.69) is 79.9 Å². The Morgan fingerprint density at radius 1 is 0.391 bits per heavy atom. The summed E-state index contributed by atoms with van der Waals surface area (Å²) in [7, 11) is 0. The number of hydrogen-bond donors (Lipinski definition) is 3. The quantitative estimate of drug-likeness (QED) is 0.0421. The molecule has 0 aliphatic rings. The second kappa shape index (κ2) is 55.2. The number of amides is 1. The van der Waals surface area contributed by atoms with Gasteiger partial charge < -0.3 is 15.5 Å².